The molecule has 2 unspecified atom stereocenters. The van der Waals surface area contributed by atoms with Crippen LogP contribution in [0.4, 0.5) is 0 Å². The van der Waals surface area contributed by atoms with E-state index in [0.29, 0.717) is 0 Å². The van der Waals surface area contributed by atoms with Gasteiger partial charge in [-0.3, -0.25) is 0 Å². The van der Waals surface area contributed by atoms with Crippen LogP contribution >= 0.6 is 0 Å². The second-order valence-corrected chi connectivity index (χ2v) is 9.96. The van der Waals surface area contributed by atoms with Crippen molar-refractivity contribution in [3.8, 4) is 0 Å². The highest BCUT2D eigenvalue weighted by Crippen LogP contribution is 2.35. The molecule has 1 saturated heterocycles. The molecule has 0 bridgehead atoms. The van der Waals surface area contributed by atoms with Gasteiger partial charge in [-0.25, -0.2) is 0 Å². The predicted molar refractivity (Wildman–Crippen MR) is 145 cm³/mol. The molecule has 0 amide bonds. The smallest absolute Gasteiger partial charge is 0.168 e. The summed E-state index contributed by atoms with van der Waals surface area (Å²) in [6, 6.07) is 0. The Morgan fingerprint density at radius 1 is 0.758 bits per heavy atom. The second-order valence-electron chi connectivity index (χ2n) is 9.96. The van der Waals surface area contributed by atoms with Gasteiger partial charge < -0.3 is 14.4 Å². The van der Waals surface area contributed by atoms with E-state index >= 15 is 0 Å². The highest BCUT2D eigenvalue weighted by atomic mass is 16.7. The van der Waals surface area contributed by atoms with Gasteiger partial charge in [-0.05, 0) is 65.5 Å². The highest BCUT2D eigenvalue weighted by Gasteiger charge is 2.40. The molecule has 1 aliphatic heterocycles. The molecule has 1 fully saturated rings. The number of allylic oxidation sites excluding steroid dienone is 6. The summed E-state index contributed by atoms with van der Waals surface area (Å²) >= 11 is 0. The molecule has 33 heavy (non-hydrogen) atoms. The fraction of sp³-hybridized carbons (Fsp3) is 0.800. The van der Waals surface area contributed by atoms with Crippen molar-refractivity contribution in [3.63, 3.8) is 0 Å². The average molecular weight is 462 g/mol. The maximum absolute atomic E-state index is 6.51. The number of rotatable bonds is 21. The van der Waals surface area contributed by atoms with Crippen LogP contribution in [0, 0.1) is 0 Å². The Hall–Kier alpha value is -0.900. The average Bonchev–Trinajstić information content (AvgIpc) is 3.21. The van der Waals surface area contributed by atoms with Crippen LogP contribution in [0.3, 0.4) is 0 Å². The molecule has 0 spiro atoms. The lowest BCUT2D eigenvalue weighted by Gasteiger charge is -2.28. The lowest BCUT2D eigenvalue weighted by atomic mass is 9.99. The quantitative estimate of drug-likeness (QED) is 0.126. The number of hydrogen-bond acceptors (Lipinski definition) is 3. The van der Waals surface area contributed by atoms with E-state index in [2.05, 4.69) is 69.3 Å². The Bertz CT molecular complexity index is 525. The van der Waals surface area contributed by atoms with Gasteiger partial charge in [-0.15, -0.1) is 0 Å². The van der Waals surface area contributed by atoms with E-state index in [1.165, 1.54) is 64.2 Å². The van der Waals surface area contributed by atoms with Gasteiger partial charge in [0.2, 0.25) is 0 Å². The lowest BCUT2D eigenvalue weighted by Crippen LogP contribution is -2.31. The Balaban J connectivity index is 2.11. The van der Waals surface area contributed by atoms with E-state index in [1.807, 2.05) is 0 Å². The van der Waals surface area contributed by atoms with Gasteiger partial charge in [0.25, 0.3) is 0 Å². The lowest BCUT2D eigenvalue weighted by molar-refractivity contribution is -0.180. The number of ether oxygens (including phenoxy) is 2. The van der Waals surface area contributed by atoms with Crippen molar-refractivity contribution in [2.75, 3.05) is 27.2 Å². The van der Waals surface area contributed by atoms with Gasteiger partial charge in [0.05, 0.1) is 12.7 Å². The van der Waals surface area contributed by atoms with E-state index in [1.54, 1.807) is 0 Å². The molecule has 0 radical (unpaired) electrons. The monoisotopic (exact) mass is 461 g/mol. The molecular formula is C30H55NO2. The Kier molecular flexibility index (Phi) is 18.7. The molecule has 1 rings (SSSR count). The molecular weight excluding hydrogens is 406 g/mol. The summed E-state index contributed by atoms with van der Waals surface area (Å²) < 4.78 is 12.8. The van der Waals surface area contributed by atoms with Gasteiger partial charge in [-0.2, -0.15) is 0 Å². The SMILES string of the molecule is CC/C=C\C/C=C\C/C=C\CCCCCCCCC1(CCCCC)OCC(CCN(C)C)O1. The van der Waals surface area contributed by atoms with Crippen LogP contribution in [-0.2, 0) is 9.47 Å². The van der Waals surface area contributed by atoms with Crippen molar-refractivity contribution in [2.45, 2.75) is 128 Å². The molecule has 0 aromatic rings. The van der Waals surface area contributed by atoms with Gasteiger partial charge >= 0.3 is 0 Å². The summed E-state index contributed by atoms with van der Waals surface area (Å²) in [6.45, 7) is 6.29. The van der Waals surface area contributed by atoms with Crippen molar-refractivity contribution < 1.29 is 9.47 Å². The maximum Gasteiger partial charge on any atom is 0.168 e. The minimum Gasteiger partial charge on any atom is -0.347 e. The largest absolute Gasteiger partial charge is 0.347 e. The first kappa shape index (κ1) is 30.1. The van der Waals surface area contributed by atoms with Gasteiger partial charge in [-0.1, -0.05) is 88.8 Å². The molecule has 2 atom stereocenters. The summed E-state index contributed by atoms with van der Waals surface area (Å²) in [5.41, 5.74) is 0. The minimum absolute atomic E-state index is 0.274. The summed E-state index contributed by atoms with van der Waals surface area (Å²) in [7, 11) is 4.26. The van der Waals surface area contributed by atoms with Crippen LogP contribution in [0.5, 0.6) is 0 Å². The molecule has 192 valence electrons. The van der Waals surface area contributed by atoms with Crippen LogP contribution in [0.15, 0.2) is 36.5 Å². The van der Waals surface area contributed by atoms with Crippen LogP contribution < -0.4 is 0 Å². The first-order valence-corrected chi connectivity index (χ1v) is 14.0. The summed E-state index contributed by atoms with van der Waals surface area (Å²) in [5.74, 6) is -0.294. The Morgan fingerprint density at radius 3 is 2.03 bits per heavy atom. The molecule has 3 nitrogen and oxygen atoms in total. The molecule has 1 heterocycles. The fourth-order valence-corrected chi connectivity index (χ4v) is 4.38. The van der Waals surface area contributed by atoms with E-state index in [4.69, 9.17) is 9.47 Å². The first-order chi connectivity index (χ1) is 16.1. The third-order valence-electron chi connectivity index (χ3n) is 6.43. The van der Waals surface area contributed by atoms with Crippen molar-refractivity contribution in [3.05, 3.63) is 36.5 Å². The van der Waals surface area contributed by atoms with Gasteiger partial charge in [0.1, 0.15) is 0 Å². The molecule has 0 aliphatic carbocycles. The molecule has 0 N–H and O–H groups in total. The number of hydrogen-bond donors (Lipinski definition) is 0. The Labute approximate surface area is 206 Å². The van der Waals surface area contributed by atoms with E-state index < -0.39 is 0 Å². The van der Waals surface area contributed by atoms with Gasteiger partial charge in [0, 0.05) is 19.4 Å². The van der Waals surface area contributed by atoms with E-state index in [-0.39, 0.29) is 11.9 Å². The van der Waals surface area contributed by atoms with Crippen molar-refractivity contribution >= 4 is 0 Å². The van der Waals surface area contributed by atoms with Crippen LogP contribution in [-0.4, -0.2) is 44.0 Å². The predicted octanol–water partition coefficient (Wildman–Crippen LogP) is 8.61. The maximum atomic E-state index is 6.51. The number of unbranched alkanes of at least 4 members (excludes halogenated alkanes) is 8. The minimum atomic E-state index is -0.294. The van der Waals surface area contributed by atoms with Crippen LogP contribution in [0.25, 0.3) is 0 Å². The molecule has 0 aromatic carbocycles. The van der Waals surface area contributed by atoms with Crippen molar-refractivity contribution in [1.82, 2.24) is 4.90 Å². The highest BCUT2D eigenvalue weighted by molar-refractivity contribution is 4.96. The van der Waals surface area contributed by atoms with Crippen molar-refractivity contribution in [1.29, 1.82) is 0 Å². The molecule has 0 aromatic heterocycles. The van der Waals surface area contributed by atoms with Gasteiger partial charge in [0.15, 0.2) is 5.79 Å². The molecule has 3 heteroatoms. The third-order valence-corrected chi connectivity index (χ3v) is 6.43. The zero-order chi connectivity index (χ0) is 24.0. The van der Waals surface area contributed by atoms with E-state index in [9.17, 15) is 0 Å². The van der Waals surface area contributed by atoms with Crippen LogP contribution in [0.2, 0.25) is 0 Å². The zero-order valence-electron chi connectivity index (χ0n) is 22.5. The standard InChI is InChI=1S/C30H55NO2/c1-5-7-9-10-11-12-13-14-15-16-17-18-19-20-21-23-26-30(25-22-8-6-2)32-28-29(33-30)24-27-31(3)4/h7,9,11-12,14-15,29H,5-6,8,10,13,16-28H2,1-4H3/b9-7-,12-11-,15-14-. The summed E-state index contributed by atoms with van der Waals surface area (Å²) in [4.78, 5) is 2.24. The third kappa shape index (κ3) is 16.4. The second kappa shape index (κ2) is 20.5. The number of nitrogens with zero attached hydrogens (tertiary/aromatic N) is 1. The Morgan fingerprint density at radius 2 is 1.36 bits per heavy atom. The molecule has 1 aliphatic rings. The first-order valence-electron chi connectivity index (χ1n) is 14.0. The summed E-state index contributed by atoms with van der Waals surface area (Å²) in [6.07, 6.45) is 33.3. The van der Waals surface area contributed by atoms with Crippen molar-refractivity contribution in [2.24, 2.45) is 0 Å². The summed E-state index contributed by atoms with van der Waals surface area (Å²) in [5, 5.41) is 0. The van der Waals surface area contributed by atoms with Crippen LogP contribution in [0.1, 0.15) is 117 Å². The molecule has 0 saturated carbocycles. The van der Waals surface area contributed by atoms with E-state index in [0.717, 1.165) is 51.7 Å². The zero-order valence-corrected chi connectivity index (χ0v) is 22.5. The topological polar surface area (TPSA) is 21.7 Å². The fourth-order valence-electron chi connectivity index (χ4n) is 4.38. The normalized spacial score (nSPS) is 21.5.